The number of unbranched alkanes of at least 4 members (excludes halogenated alkanes) is 2. The molecule has 1 aromatic heterocycles. The van der Waals surface area contributed by atoms with Crippen LogP contribution in [0.1, 0.15) is 60.2 Å². The molecule has 0 aliphatic heterocycles. The second kappa shape index (κ2) is 8.69. The van der Waals surface area contributed by atoms with Crippen LogP contribution >= 0.6 is 11.3 Å². The van der Waals surface area contributed by atoms with Crippen LogP contribution in [0.3, 0.4) is 0 Å². The lowest BCUT2D eigenvalue weighted by molar-refractivity contribution is 0.0454. The highest BCUT2D eigenvalue weighted by Gasteiger charge is 2.20. The molecule has 106 valence electrons. The van der Waals surface area contributed by atoms with Gasteiger partial charge in [-0.05, 0) is 12.8 Å². The van der Waals surface area contributed by atoms with Gasteiger partial charge in [-0.3, -0.25) is 0 Å². The van der Waals surface area contributed by atoms with E-state index in [0.29, 0.717) is 24.3 Å². The quantitative estimate of drug-likeness (QED) is 0.540. The summed E-state index contributed by atoms with van der Waals surface area (Å²) in [6.07, 6.45) is 3.57. The topological polar surface area (TPSA) is 52.6 Å². The zero-order valence-corrected chi connectivity index (χ0v) is 12.3. The molecule has 4 nitrogen and oxygen atoms in total. The average molecular weight is 284 g/mol. The van der Waals surface area contributed by atoms with Gasteiger partial charge in [-0.2, -0.15) is 11.3 Å². The minimum absolute atomic E-state index is 0.308. The summed E-state index contributed by atoms with van der Waals surface area (Å²) in [5.41, 5.74) is 0.616. The Hall–Kier alpha value is -1.36. The number of ether oxygens (including phenoxy) is 2. The lowest BCUT2D eigenvalue weighted by atomic mass is 10.2. The third kappa shape index (κ3) is 5.03. The first-order chi connectivity index (χ1) is 9.20. The van der Waals surface area contributed by atoms with E-state index in [1.165, 1.54) is 11.3 Å². The van der Waals surface area contributed by atoms with Crippen molar-refractivity contribution in [1.82, 2.24) is 0 Å². The van der Waals surface area contributed by atoms with Crippen molar-refractivity contribution < 1.29 is 19.1 Å². The molecule has 0 aliphatic carbocycles. The fraction of sp³-hybridized carbons (Fsp3) is 0.571. The van der Waals surface area contributed by atoms with Gasteiger partial charge in [-0.15, -0.1) is 0 Å². The van der Waals surface area contributed by atoms with Gasteiger partial charge in [-0.1, -0.05) is 26.7 Å². The zero-order chi connectivity index (χ0) is 14.1. The first kappa shape index (κ1) is 15.7. The molecule has 0 aromatic carbocycles. The summed E-state index contributed by atoms with van der Waals surface area (Å²) in [4.78, 5) is 23.6. The molecule has 0 atom stereocenters. The van der Waals surface area contributed by atoms with Crippen LogP contribution in [0.25, 0.3) is 0 Å². The van der Waals surface area contributed by atoms with Gasteiger partial charge >= 0.3 is 11.9 Å². The smallest absolute Gasteiger partial charge is 0.339 e. The van der Waals surface area contributed by atoms with Crippen LogP contribution in [-0.2, 0) is 9.47 Å². The Labute approximate surface area is 117 Å². The lowest BCUT2D eigenvalue weighted by Gasteiger charge is -2.06. The second-order valence-electron chi connectivity index (χ2n) is 4.18. The predicted octanol–water partition coefficient (Wildman–Crippen LogP) is 3.66. The standard InChI is InChI=1S/C14H20O4S/c1-3-5-7-17-13(15)11-9-19-10-12(11)14(16)18-8-6-4-2/h9-10H,3-8H2,1-2H3. The number of hydrogen-bond donors (Lipinski definition) is 0. The van der Waals surface area contributed by atoms with Crippen molar-refractivity contribution >= 4 is 23.3 Å². The Morgan fingerprint density at radius 1 is 0.947 bits per heavy atom. The first-order valence-corrected chi connectivity index (χ1v) is 7.55. The maximum absolute atomic E-state index is 11.8. The van der Waals surface area contributed by atoms with Crippen molar-refractivity contribution in [2.24, 2.45) is 0 Å². The van der Waals surface area contributed by atoms with Crippen LogP contribution in [0, 0.1) is 0 Å². The summed E-state index contributed by atoms with van der Waals surface area (Å²) in [6, 6.07) is 0. The molecule has 1 rings (SSSR count). The molecule has 1 aromatic rings. The van der Waals surface area contributed by atoms with Gasteiger partial charge in [0, 0.05) is 10.8 Å². The molecule has 19 heavy (non-hydrogen) atoms. The zero-order valence-electron chi connectivity index (χ0n) is 11.4. The summed E-state index contributed by atoms with van der Waals surface area (Å²) in [6.45, 7) is 4.81. The summed E-state index contributed by atoms with van der Waals surface area (Å²) < 4.78 is 10.2. The molecule has 1 heterocycles. The maximum Gasteiger partial charge on any atom is 0.339 e. The van der Waals surface area contributed by atoms with E-state index in [-0.39, 0.29) is 0 Å². The van der Waals surface area contributed by atoms with Gasteiger partial charge in [-0.25, -0.2) is 9.59 Å². The molecule has 5 heteroatoms. The lowest BCUT2D eigenvalue weighted by Crippen LogP contribution is -2.13. The van der Waals surface area contributed by atoms with Gasteiger partial charge in [0.25, 0.3) is 0 Å². The number of thiophene rings is 1. The van der Waals surface area contributed by atoms with Crippen LogP contribution in [0.5, 0.6) is 0 Å². The van der Waals surface area contributed by atoms with Crippen molar-refractivity contribution in [1.29, 1.82) is 0 Å². The van der Waals surface area contributed by atoms with Gasteiger partial charge in [0.05, 0.1) is 24.3 Å². The van der Waals surface area contributed by atoms with Crippen molar-refractivity contribution in [2.45, 2.75) is 39.5 Å². The SMILES string of the molecule is CCCCOC(=O)c1cscc1C(=O)OCCCC. The van der Waals surface area contributed by atoms with Crippen molar-refractivity contribution in [3.05, 3.63) is 21.9 Å². The summed E-state index contributed by atoms with van der Waals surface area (Å²) in [7, 11) is 0. The van der Waals surface area contributed by atoms with Gasteiger partial charge in [0.1, 0.15) is 0 Å². The van der Waals surface area contributed by atoms with Crippen LogP contribution in [-0.4, -0.2) is 25.2 Å². The van der Waals surface area contributed by atoms with E-state index >= 15 is 0 Å². The average Bonchev–Trinajstić information content (AvgIpc) is 2.88. The van der Waals surface area contributed by atoms with Crippen LogP contribution in [0.2, 0.25) is 0 Å². The molecule has 0 fully saturated rings. The van der Waals surface area contributed by atoms with E-state index in [1.807, 2.05) is 13.8 Å². The Kier molecular flexibility index (Phi) is 7.18. The molecular formula is C14H20O4S. The number of carbonyl (C=O) groups excluding carboxylic acids is 2. The van der Waals surface area contributed by atoms with E-state index in [0.717, 1.165) is 25.7 Å². The normalized spacial score (nSPS) is 10.2. The number of hydrogen-bond acceptors (Lipinski definition) is 5. The first-order valence-electron chi connectivity index (χ1n) is 6.61. The van der Waals surface area contributed by atoms with Crippen molar-refractivity contribution in [3.8, 4) is 0 Å². The minimum atomic E-state index is -0.447. The monoisotopic (exact) mass is 284 g/mol. The van der Waals surface area contributed by atoms with Crippen molar-refractivity contribution in [3.63, 3.8) is 0 Å². The van der Waals surface area contributed by atoms with E-state index in [2.05, 4.69) is 0 Å². The van der Waals surface area contributed by atoms with Crippen molar-refractivity contribution in [2.75, 3.05) is 13.2 Å². The molecule has 0 bridgehead atoms. The molecular weight excluding hydrogens is 264 g/mol. The Morgan fingerprint density at radius 2 is 1.37 bits per heavy atom. The molecule has 0 aliphatic rings. The van der Waals surface area contributed by atoms with E-state index < -0.39 is 11.9 Å². The minimum Gasteiger partial charge on any atom is -0.462 e. The van der Waals surface area contributed by atoms with Gasteiger partial charge in [0.15, 0.2) is 0 Å². The van der Waals surface area contributed by atoms with Gasteiger partial charge < -0.3 is 9.47 Å². The molecule has 0 unspecified atom stereocenters. The second-order valence-corrected chi connectivity index (χ2v) is 4.92. The molecule has 0 N–H and O–H groups in total. The Bertz CT molecular complexity index is 375. The van der Waals surface area contributed by atoms with Gasteiger partial charge in [0.2, 0.25) is 0 Å². The Balaban J connectivity index is 2.58. The molecule has 0 saturated heterocycles. The van der Waals surface area contributed by atoms with E-state index in [4.69, 9.17) is 9.47 Å². The summed E-state index contributed by atoms with van der Waals surface area (Å²) >= 11 is 1.30. The predicted molar refractivity (Wildman–Crippen MR) is 74.7 cm³/mol. The third-order valence-electron chi connectivity index (χ3n) is 2.56. The number of rotatable bonds is 8. The Morgan fingerprint density at radius 3 is 1.74 bits per heavy atom. The molecule has 0 radical (unpaired) electrons. The van der Waals surface area contributed by atoms with E-state index in [9.17, 15) is 9.59 Å². The van der Waals surface area contributed by atoms with Crippen LogP contribution in [0.4, 0.5) is 0 Å². The number of esters is 2. The maximum atomic E-state index is 11.8. The summed E-state index contributed by atoms with van der Waals surface area (Å²) in [5.74, 6) is -0.894. The molecule has 0 amide bonds. The van der Waals surface area contributed by atoms with E-state index in [1.54, 1.807) is 10.8 Å². The fourth-order valence-corrected chi connectivity index (χ4v) is 2.17. The van der Waals surface area contributed by atoms with Crippen LogP contribution in [0.15, 0.2) is 10.8 Å². The number of carbonyl (C=O) groups is 2. The summed E-state index contributed by atoms with van der Waals surface area (Å²) in [5, 5.41) is 3.26. The molecule has 0 spiro atoms. The highest BCUT2D eigenvalue weighted by molar-refractivity contribution is 7.08. The highest BCUT2D eigenvalue weighted by Crippen LogP contribution is 2.18. The molecule has 0 saturated carbocycles. The largest absolute Gasteiger partial charge is 0.462 e. The fourth-order valence-electron chi connectivity index (χ4n) is 1.39. The third-order valence-corrected chi connectivity index (χ3v) is 3.31. The van der Waals surface area contributed by atoms with Crippen LogP contribution < -0.4 is 0 Å². The highest BCUT2D eigenvalue weighted by atomic mass is 32.1.